The maximum absolute atomic E-state index is 12.2. The molecule has 1 aliphatic rings. The number of halogens is 1. The van der Waals surface area contributed by atoms with Crippen molar-refractivity contribution in [2.24, 2.45) is 0 Å². The van der Waals surface area contributed by atoms with Crippen LogP contribution in [0.25, 0.3) is 16.6 Å². The highest BCUT2D eigenvalue weighted by molar-refractivity contribution is 6.31. The van der Waals surface area contributed by atoms with E-state index in [2.05, 4.69) is 4.98 Å². The molecule has 7 heteroatoms. The summed E-state index contributed by atoms with van der Waals surface area (Å²) in [5.41, 5.74) is 0.962. The average Bonchev–Trinajstić information content (AvgIpc) is 2.54. The van der Waals surface area contributed by atoms with Crippen LogP contribution in [0.2, 0.25) is 5.02 Å². The zero-order chi connectivity index (χ0) is 19.1. The van der Waals surface area contributed by atoms with Gasteiger partial charge in [0.1, 0.15) is 11.4 Å². The summed E-state index contributed by atoms with van der Waals surface area (Å²) in [6.07, 6.45) is 2.29. The van der Waals surface area contributed by atoms with E-state index in [1.807, 2.05) is 37.5 Å². The minimum absolute atomic E-state index is 0.289. The lowest BCUT2D eigenvalue weighted by molar-refractivity contribution is 0.0269. The summed E-state index contributed by atoms with van der Waals surface area (Å²) in [7, 11) is 0. The van der Waals surface area contributed by atoms with E-state index in [-0.39, 0.29) is 11.7 Å². The summed E-state index contributed by atoms with van der Waals surface area (Å²) in [4.78, 5) is 30.2. The van der Waals surface area contributed by atoms with Crippen LogP contribution in [0.1, 0.15) is 33.0 Å². The Balaban J connectivity index is 1.94. The van der Waals surface area contributed by atoms with Crippen molar-refractivity contribution in [3.63, 3.8) is 0 Å². The summed E-state index contributed by atoms with van der Waals surface area (Å²) < 4.78 is 7.38. The Kier molecular flexibility index (Phi) is 4.80. The second kappa shape index (κ2) is 6.76. The largest absolute Gasteiger partial charge is 0.444 e. The molecule has 1 amide bonds. The lowest BCUT2D eigenvalue weighted by atomic mass is 10.1. The van der Waals surface area contributed by atoms with E-state index < -0.39 is 5.60 Å². The molecule has 2 aromatic rings. The van der Waals surface area contributed by atoms with Crippen LogP contribution in [0.4, 0.5) is 4.79 Å². The summed E-state index contributed by atoms with van der Waals surface area (Å²) in [5, 5.41) is 0.985. The molecule has 1 aromatic heterocycles. The highest BCUT2D eigenvalue weighted by Crippen LogP contribution is 2.24. The first-order chi connectivity index (χ1) is 12.2. The van der Waals surface area contributed by atoms with Crippen molar-refractivity contribution in [2.45, 2.75) is 39.7 Å². The zero-order valence-electron chi connectivity index (χ0n) is 15.4. The number of benzene rings is 1. The van der Waals surface area contributed by atoms with Gasteiger partial charge in [-0.1, -0.05) is 11.6 Å². The topological polar surface area (TPSA) is 64.4 Å². The highest BCUT2D eigenvalue weighted by Gasteiger charge is 2.24. The van der Waals surface area contributed by atoms with Gasteiger partial charge in [-0.15, -0.1) is 0 Å². The van der Waals surface area contributed by atoms with Crippen LogP contribution < -0.4 is 5.56 Å². The van der Waals surface area contributed by atoms with Crippen molar-refractivity contribution in [2.75, 3.05) is 13.1 Å². The zero-order valence-corrected chi connectivity index (χ0v) is 16.1. The van der Waals surface area contributed by atoms with E-state index in [0.29, 0.717) is 35.7 Å². The lowest BCUT2D eigenvalue weighted by Gasteiger charge is -2.30. The van der Waals surface area contributed by atoms with Crippen LogP contribution in [0.3, 0.4) is 0 Å². The minimum Gasteiger partial charge on any atom is -0.444 e. The predicted octanol–water partition coefficient (Wildman–Crippen LogP) is 3.84. The van der Waals surface area contributed by atoms with Crippen LogP contribution in [-0.4, -0.2) is 39.2 Å². The second-order valence-electron chi connectivity index (χ2n) is 7.33. The molecule has 0 aliphatic carbocycles. The number of ether oxygens (including phenoxy) is 1. The third kappa shape index (κ3) is 3.75. The lowest BCUT2D eigenvalue weighted by Crippen LogP contribution is -2.39. The Morgan fingerprint density at radius 1 is 1.31 bits per heavy atom. The molecule has 0 saturated heterocycles. The van der Waals surface area contributed by atoms with E-state index in [1.54, 1.807) is 24.0 Å². The standard InChI is InChI=1S/C19H22ClN3O3/c1-12-21-17(24)15-11-13(20)5-6-16(15)23(12)14-7-9-22(10-8-14)18(25)26-19(2,3)4/h5-7,11H,8-10H2,1-4H3. The number of carbonyl (C=O) groups excluding carboxylic acids is 1. The number of aromatic nitrogens is 2. The first-order valence-electron chi connectivity index (χ1n) is 8.52. The molecular weight excluding hydrogens is 354 g/mol. The third-order valence-corrected chi connectivity index (χ3v) is 4.38. The highest BCUT2D eigenvalue weighted by atomic mass is 35.5. The van der Waals surface area contributed by atoms with E-state index in [0.717, 1.165) is 11.2 Å². The Bertz CT molecular complexity index is 957. The molecule has 0 saturated carbocycles. The van der Waals surface area contributed by atoms with Gasteiger partial charge in [0, 0.05) is 30.2 Å². The molecule has 6 nitrogen and oxygen atoms in total. The smallest absolute Gasteiger partial charge is 0.410 e. The van der Waals surface area contributed by atoms with Gasteiger partial charge in [0.2, 0.25) is 0 Å². The van der Waals surface area contributed by atoms with Gasteiger partial charge < -0.3 is 14.2 Å². The van der Waals surface area contributed by atoms with Crippen molar-refractivity contribution in [3.8, 4) is 0 Å². The van der Waals surface area contributed by atoms with Crippen LogP contribution in [0, 0.1) is 6.92 Å². The average molecular weight is 376 g/mol. The molecule has 26 heavy (non-hydrogen) atoms. The summed E-state index contributed by atoms with van der Waals surface area (Å²) in [6.45, 7) is 8.34. The van der Waals surface area contributed by atoms with Gasteiger partial charge in [-0.3, -0.25) is 4.79 Å². The Morgan fingerprint density at radius 2 is 2.04 bits per heavy atom. The molecule has 1 aromatic carbocycles. The van der Waals surface area contributed by atoms with Crippen molar-refractivity contribution in [1.29, 1.82) is 0 Å². The van der Waals surface area contributed by atoms with Crippen LogP contribution in [-0.2, 0) is 4.74 Å². The number of aryl methyl sites for hydroxylation is 1. The maximum atomic E-state index is 12.2. The molecule has 0 radical (unpaired) electrons. The summed E-state index contributed by atoms with van der Waals surface area (Å²) in [5.74, 6) is 0.613. The molecule has 0 bridgehead atoms. The summed E-state index contributed by atoms with van der Waals surface area (Å²) in [6, 6.07) is 5.23. The van der Waals surface area contributed by atoms with Crippen molar-refractivity contribution >= 4 is 34.3 Å². The first kappa shape index (κ1) is 18.5. The molecule has 0 atom stereocenters. The van der Waals surface area contributed by atoms with Crippen molar-refractivity contribution in [3.05, 3.63) is 45.5 Å². The fraction of sp³-hybridized carbons (Fsp3) is 0.421. The fourth-order valence-corrected chi connectivity index (χ4v) is 3.19. The maximum Gasteiger partial charge on any atom is 0.410 e. The van der Waals surface area contributed by atoms with Crippen LogP contribution in [0.5, 0.6) is 0 Å². The van der Waals surface area contributed by atoms with Gasteiger partial charge in [-0.2, -0.15) is 4.98 Å². The van der Waals surface area contributed by atoms with E-state index >= 15 is 0 Å². The third-order valence-electron chi connectivity index (χ3n) is 4.14. The Labute approximate surface area is 157 Å². The van der Waals surface area contributed by atoms with E-state index in [9.17, 15) is 9.59 Å². The minimum atomic E-state index is -0.518. The quantitative estimate of drug-likeness (QED) is 0.759. The number of amides is 1. The van der Waals surface area contributed by atoms with Gasteiger partial charge in [-0.25, -0.2) is 4.79 Å². The number of hydrogen-bond acceptors (Lipinski definition) is 4. The van der Waals surface area contributed by atoms with E-state index in [4.69, 9.17) is 16.3 Å². The van der Waals surface area contributed by atoms with Gasteiger partial charge in [-0.05, 0) is 52.0 Å². The van der Waals surface area contributed by atoms with Crippen molar-refractivity contribution < 1.29 is 9.53 Å². The van der Waals surface area contributed by atoms with Crippen molar-refractivity contribution in [1.82, 2.24) is 14.5 Å². The van der Waals surface area contributed by atoms with E-state index in [1.165, 1.54) is 0 Å². The number of fused-ring (bicyclic) bond motifs is 1. The molecular formula is C19H22ClN3O3. The number of nitrogens with zero attached hydrogens (tertiary/aromatic N) is 3. The van der Waals surface area contributed by atoms with Gasteiger partial charge >= 0.3 is 6.09 Å². The Hall–Kier alpha value is -2.34. The molecule has 1 aliphatic heterocycles. The second-order valence-corrected chi connectivity index (χ2v) is 7.77. The molecule has 2 heterocycles. The van der Waals surface area contributed by atoms with Gasteiger partial charge in [0.25, 0.3) is 5.56 Å². The number of hydrogen-bond donors (Lipinski definition) is 0. The van der Waals surface area contributed by atoms with Crippen LogP contribution >= 0.6 is 11.6 Å². The molecule has 0 spiro atoms. The normalized spacial score (nSPS) is 15.1. The molecule has 0 unspecified atom stereocenters. The number of carbonyl (C=O) groups is 1. The molecule has 0 N–H and O–H groups in total. The molecule has 3 rings (SSSR count). The fourth-order valence-electron chi connectivity index (χ4n) is 3.02. The van der Waals surface area contributed by atoms with Gasteiger partial charge in [0.15, 0.2) is 0 Å². The summed E-state index contributed by atoms with van der Waals surface area (Å²) >= 11 is 6.03. The van der Waals surface area contributed by atoms with Gasteiger partial charge in [0.05, 0.1) is 10.9 Å². The Morgan fingerprint density at radius 3 is 2.65 bits per heavy atom. The monoisotopic (exact) mass is 375 g/mol. The molecule has 0 fully saturated rings. The SMILES string of the molecule is Cc1nc(=O)c2cc(Cl)ccc2n1C1=CCN(C(=O)OC(C)(C)C)CC1. The van der Waals surface area contributed by atoms with Crippen LogP contribution in [0.15, 0.2) is 29.1 Å². The first-order valence-corrected chi connectivity index (χ1v) is 8.90. The predicted molar refractivity (Wildman–Crippen MR) is 102 cm³/mol. The molecule has 138 valence electrons. The number of rotatable bonds is 1.